The predicted octanol–water partition coefficient (Wildman–Crippen LogP) is 3.10. The molecule has 0 unspecified atom stereocenters. The van der Waals surface area contributed by atoms with Crippen LogP contribution in [0.5, 0.6) is 5.75 Å². The SMILES string of the molecule is COc1cccc(CN(C)C(=O)NCc2ccc(N(C)C)cc2)c1. The van der Waals surface area contributed by atoms with Gasteiger partial charge in [-0.3, -0.25) is 0 Å². The average molecular weight is 327 g/mol. The molecule has 24 heavy (non-hydrogen) atoms. The summed E-state index contributed by atoms with van der Waals surface area (Å²) in [5.74, 6) is 0.794. The van der Waals surface area contributed by atoms with E-state index in [1.807, 2.05) is 67.5 Å². The summed E-state index contributed by atoms with van der Waals surface area (Å²) in [6.07, 6.45) is 0. The number of urea groups is 1. The molecule has 0 aromatic heterocycles. The number of ether oxygens (including phenoxy) is 1. The molecule has 0 fully saturated rings. The number of methoxy groups -OCH3 is 1. The molecule has 0 aliphatic carbocycles. The number of hydrogen-bond acceptors (Lipinski definition) is 3. The van der Waals surface area contributed by atoms with E-state index in [1.165, 1.54) is 0 Å². The van der Waals surface area contributed by atoms with Crippen molar-refractivity contribution in [1.82, 2.24) is 10.2 Å². The average Bonchev–Trinajstić information content (AvgIpc) is 2.60. The van der Waals surface area contributed by atoms with Gasteiger partial charge >= 0.3 is 6.03 Å². The Morgan fingerprint density at radius 1 is 1.04 bits per heavy atom. The maximum Gasteiger partial charge on any atom is 0.317 e. The normalized spacial score (nSPS) is 10.2. The van der Waals surface area contributed by atoms with E-state index in [0.717, 1.165) is 22.6 Å². The number of hydrogen-bond donors (Lipinski definition) is 1. The molecule has 0 atom stereocenters. The zero-order valence-electron chi connectivity index (χ0n) is 14.7. The highest BCUT2D eigenvalue weighted by Gasteiger charge is 2.09. The first-order valence-corrected chi connectivity index (χ1v) is 7.87. The first-order valence-electron chi connectivity index (χ1n) is 7.87. The minimum atomic E-state index is -0.102. The maximum absolute atomic E-state index is 12.2. The van der Waals surface area contributed by atoms with Crippen molar-refractivity contribution in [3.8, 4) is 5.75 Å². The topological polar surface area (TPSA) is 44.8 Å². The molecule has 0 spiro atoms. The van der Waals surface area contributed by atoms with Gasteiger partial charge in [-0.1, -0.05) is 24.3 Å². The van der Waals surface area contributed by atoms with E-state index in [9.17, 15) is 4.79 Å². The van der Waals surface area contributed by atoms with Crippen molar-refractivity contribution in [2.45, 2.75) is 13.1 Å². The molecule has 0 saturated heterocycles. The molecular formula is C19H25N3O2. The van der Waals surface area contributed by atoms with Crippen LogP contribution in [0.15, 0.2) is 48.5 Å². The summed E-state index contributed by atoms with van der Waals surface area (Å²) < 4.78 is 5.21. The van der Waals surface area contributed by atoms with Gasteiger partial charge in [-0.25, -0.2) is 4.79 Å². The van der Waals surface area contributed by atoms with Crippen molar-refractivity contribution in [3.63, 3.8) is 0 Å². The Labute approximate surface area is 143 Å². The van der Waals surface area contributed by atoms with Crippen molar-refractivity contribution in [2.75, 3.05) is 33.2 Å². The summed E-state index contributed by atoms with van der Waals surface area (Å²) in [6.45, 7) is 1.04. The van der Waals surface area contributed by atoms with Gasteiger partial charge in [0.15, 0.2) is 0 Å². The van der Waals surface area contributed by atoms with E-state index in [0.29, 0.717) is 13.1 Å². The quantitative estimate of drug-likeness (QED) is 0.887. The maximum atomic E-state index is 12.2. The number of amides is 2. The van der Waals surface area contributed by atoms with Crippen LogP contribution in [0.2, 0.25) is 0 Å². The van der Waals surface area contributed by atoms with E-state index in [-0.39, 0.29) is 6.03 Å². The number of nitrogens with one attached hydrogen (secondary N) is 1. The fourth-order valence-electron chi connectivity index (χ4n) is 2.34. The van der Waals surface area contributed by atoms with Crippen LogP contribution in [-0.2, 0) is 13.1 Å². The van der Waals surface area contributed by atoms with E-state index in [4.69, 9.17) is 4.74 Å². The van der Waals surface area contributed by atoms with E-state index < -0.39 is 0 Å². The lowest BCUT2D eigenvalue weighted by Crippen LogP contribution is -2.36. The molecule has 1 N–H and O–H groups in total. The van der Waals surface area contributed by atoms with Gasteiger partial charge in [-0.2, -0.15) is 0 Å². The number of rotatable bonds is 6. The van der Waals surface area contributed by atoms with E-state index >= 15 is 0 Å². The molecule has 2 aromatic carbocycles. The molecular weight excluding hydrogens is 302 g/mol. The highest BCUT2D eigenvalue weighted by atomic mass is 16.5. The molecule has 0 bridgehead atoms. The molecule has 0 saturated carbocycles. The monoisotopic (exact) mass is 327 g/mol. The fourth-order valence-corrected chi connectivity index (χ4v) is 2.34. The Morgan fingerprint density at radius 2 is 1.75 bits per heavy atom. The zero-order valence-corrected chi connectivity index (χ0v) is 14.7. The summed E-state index contributed by atoms with van der Waals surface area (Å²) in [4.78, 5) is 15.9. The lowest BCUT2D eigenvalue weighted by atomic mass is 10.2. The lowest BCUT2D eigenvalue weighted by Gasteiger charge is -2.19. The first-order chi connectivity index (χ1) is 11.5. The van der Waals surface area contributed by atoms with Crippen LogP contribution in [0.1, 0.15) is 11.1 Å². The fraction of sp³-hybridized carbons (Fsp3) is 0.316. The smallest absolute Gasteiger partial charge is 0.317 e. The number of carbonyl (C=O) groups excluding carboxylic acids is 1. The largest absolute Gasteiger partial charge is 0.497 e. The molecule has 2 rings (SSSR count). The molecule has 128 valence electrons. The molecule has 5 heteroatoms. The van der Waals surface area contributed by atoms with Gasteiger partial charge < -0.3 is 19.9 Å². The molecule has 2 aromatic rings. The summed E-state index contributed by atoms with van der Waals surface area (Å²) in [6, 6.07) is 15.8. The second kappa shape index (κ2) is 8.24. The van der Waals surface area contributed by atoms with Crippen molar-refractivity contribution in [3.05, 3.63) is 59.7 Å². The Balaban J connectivity index is 1.87. The highest BCUT2D eigenvalue weighted by molar-refractivity contribution is 5.73. The summed E-state index contributed by atoms with van der Waals surface area (Å²) in [5, 5.41) is 2.94. The Bertz CT molecular complexity index is 669. The van der Waals surface area contributed by atoms with Crippen molar-refractivity contribution < 1.29 is 9.53 Å². The number of nitrogens with zero attached hydrogens (tertiary/aromatic N) is 2. The van der Waals surface area contributed by atoms with Gasteiger partial charge in [0, 0.05) is 39.9 Å². The van der Waals surface area contributed by atoms with E-state index in [1.54, 1.807) is 19.1 Å². The first kappa shape index (κ1) is 17.7. The Morgan fingerprint density at radius 3 is 2.38 bits per heavy atom. The predicted molar refractivity (Wildman–Crippen MR) is 97.5 cm³/mol. The van der Waals surface area contributed by atoms with Crippen LogP contribution >= 0.6 is 0 Å². The lowest BCUT2D eigenvalue weighted by molar-refractivity contribution is 0.206. The summed E-state index contributed by atoms with van der Waals surface area (Å²) in [5.41, 5.74) is 3.24. The van der Waals surface area contributed by atoms with Crippen molar-refractivity contribution >= 4 is 11.7 Å². The third-order valence-corrected chi connectivity index (χ3v) is 3.80. The zero-order chi connectivity index (χ0) is 17.5. The molecule has 0 radical (unpaired) electrons. The van der Waals surface area contributed by atoms with Gasteiger partial charge in [0.1, 0.15) is 5.75 Å². The van der Waals surface area contributed by atoms with Crippen LogP contribution < -0.4 is 15.0 Å². The van der Waals surface area contributed by atoms with Gasteiger partial charge in [0.25, 0.3) is 0 Å². The van der Waals surface area contributed by atoms with Gasteiger partial charge in [0.05, 0.1) is 7.11 Å². The summed E-state index contributed by atoms with van der Waals surface area (Å²) in [7, 11) is 7.43. The Kier molecular flexibility index (Phi) is 6.07. The summed E-state index contributed by atoms with van der Waals surface area (Å²) >= 11 is 0. The highest BCUT2D eigenvalue weighted by Crippen LogP contribution is 2.14. The van der Waals surface area contributed by atoms with Crippen LogP contribution in [0.3, 0.4) is 0 Å². The number of carbonyl (C=O) groups is 1. The number of benzene rings is 2. The second-order valence-electron chi connectivity index (χ2n) is 5.93. The van der Waals surface area contributed by atoms with Crippen LogP contribution in [-0.4, -0.2) is 39.2 Å². The van der Waals surface area contributed by atoms with Gasteiger partial charge in [-0.15, -0.1) is 0 Å². The third-order valence-electron chi connectivity index (χ3n) is 3.80. The molecule has 0 aliphatic heterocycles. The minimum absolute atomic E-state index is 0.102. The molecule has 0 aliphatic rings. The molecule has 2 amide bonds. The van der Waals surface area contributed by atoms with E-state index in [2.05, 4.69) is 5.32 Å². The standard InChI is InChI=1S/C19H25N3O2/c1-21(2)17-10-8-15(9-11-17)13-20-19(23)22(3)14-16-6-5-7-18(12-16)24-4/h5-12H,13-14H2,1-4H3,(H,20,23). The van der Waals surface area contributed by atoms with Gasteiger partial charge in [-0.05, 0) is 35.4 Å². The van der Waals surface area contributed by atoms with Crippen LogP contribution in [0.4, 0.5) is 10.5 Å². The molecule has 0 heterocycles. The number of anilines is 1. The van der Waals surface area contributed by atoms with Crippen LogP contribution in [0, 0.1) is 0 Å². The van der Waals surface area contributed by atoms with Gasteiger partial charge in [0.2, 0.25) is 0 Å². The molecule has 5 nitrogen and oxygen atoms in total. The van der Waals surface area contributed by atoms with Crippen molar-refractivity contribution in [2.24, 2.45) is 0 Å². The van der Waals surface area contributed by atoms with Crippen LogP contribution in [0.25, 0.3) is 0 Å². The van der Waals surface area contributed by atoms with Crippen molar-refractivity contribution in [1.29, 1.82) is 0 Å². The Hall–Kier alpha value is -2.69. The minimum Gasteiger partial charge on any atom is -0.497 e. The third kappa shape index (κ3) is 4.91. The second-order valence-corrected chi connectivity index (χ2v) is 5.93.